The van der Waals surface area contributed by atoms with E-state index in [1.165, 1.54) is 11.3 Å². The summed E-state index contributed by atoms with van der Waals surface area (Å²) in [5.74, 6) is 0.493. The average Bonchev–Trinajstić information content (AvgIpc) is 2.95. The highest BCUT2D eigenvalue weighted by Crippen LogP contribution is 2.27. The SMILES string of the molecule is CCN1CC[C@H](N(C)C(=O)c2nnc(C(C)(C)C)s2)[C@@H](C)C1. The number of rotatable bonds is 3. The van der Waals surface area contributed by atoms with E-state index in [1.807, 2.05) is 11.9 Å². The van der Waals surface area contributed by atoms with Crippen molar-refractivity contribution in [1.29, 1.82) is 0 Å². The zero-order chi connectivity index (χ0) is 16.5. The molecule has 1 aliphatic heterocycles. The summed E-state index contributed by atoms with van der Waals surface area (Å²) in [5.41, 5.74) is -0.0610. The molecule has 0 saturated carbocycles. The first-order valence-corrected chi connectivity index (χ1v) is 8.89. The fourth-order valence-electron chi connectivity index (χ4n) is 3.00. The van der Waals surface area contributed by atoms with Crippen molar-refractivity contribution in [3.63, 3.8) is 0 Å². The number of aromatic nitrogens is 2. The Labute approximate surface area is 137 Å². The summed E-state index contributed by atoms with van der Waals surface area (Å²) in [6.45, 7) is 13.9. The van der Waals surface area contributed by atoms with Crippen molar-refractivity contribution in [2.75, 3.05) is 26.7 Å². The van der Waals surface area contributed by atoms with Crippen LogP contribution in [0.2, 0.25) is 0 Å². The molecule has 0 spiro atoms. The first kappa shape index (κ1) is 17.3. The third kappa shape index (κ3) is 3.66. The van der Waals surface area contributed by atoms with Gasteiger partial charge in [0, 0.05) is 31.6 Å². The van der Waals surface area contributed by atoms with Crippen molar-refractivity contribution in [3.05, 3.63) is 10.0 Å². The van der Waals surface area contributed by atoms with E-state index >= 15 is 0 Å². The van der Waals surface area contributed by atoms with Gasteiger partial charge in [0.05, 0.1) is 0 Å². The molecule has 1 fully saturated rings. The van der Waals surface area contributed by atoms with Gasteiger partial charge in [0.1, 0.15) is 5.01 Å². The molecule has 1 aliphatic rings. The third-order valence-electron chi connectivity index (χ3n) is 4.46. The highest BCUT2D eigenvalue weighted by atomic mass is 32.1. The third-order valence-corrected chi connectivity index (χ3v) is 5.80. The Morgan fingerprint density at radius 2 is 2.09 bits per heavy atom. The molecule has 0 bridgehead atoms. The number of carbonyl (C=O) groups is 1. The zero-order valence-corrected chi connectivity index (χ0v) is 15.4. The number of hydrogen-bond acceptors (Lipinski definition) is 5. The maximum atomic E-state index is 12.7. The highest BCUT2D eigenvalue weighted by Gasteiger charge is 2.32. The normalized spacial score (nSPS) is 23.5. The van der Waals surface area contributed by atoms with Gasteiger partial charge in [-0.05, 0) is 18.9 Å². The Bertz CT molecular complexity index is 522. The van der Waals surface area contributed by atoms with Crippen molar-refractivity contribution >= 4 is 17.2 Å². The molecule has 0 radical (unpaired) electrons. The van der Waals surface area contributed by atoms with Crippen molar-refractivity contribution in [1.82, 2.24) is 20.0 Å². The molecule has 2 heterocycles. The van der Waals surface area contributed by atoms with Crippen molar-refractivity contribution < 1.29 is 4.79 Å². The Balaban J connectivity index is 2.07. The van der Waals surface area contributed by atoms with E-state index in [9.17, 15) is 4.79 Å². The predicted molar refractivity (Wildman–Crippen MR) is 90.4 cm³/mol. The molecule has 1 aromatic rings. The molecule has 2 rings (SSSR count). The van der Waals surface area contributed by atoms with Crippen LogP contribution in [0.15, 0.2) is 0 Å². The Hall–Kier alpha value is -1.01. The molecule has 2 atom stereocenters. The molecule has 1 aromatic heterocycles. The number of amides is 1. The number of hydrogen-bond donors (Lipinski definition) is 0. The fourth-order valence-corrected chi connectivity index (χ4v) is 3.88. The molecule has 5 nitrogen and oxygen atoms in total. The minimum atomic E-state index is -0.0610. The van der Waals surface area contributed by atoms with Crippen LogP contribution in [0.3, 0.4) is 0 Å². The van der Waals surface area contributed by atoms with Gasteiger partial charge in [0.25, 0.3) is 5.91 Å². The lowest BCUT2D eigenvalue weighted by molar-refractivity contribution is 0.0519. The number of nitrogens with zero attached hydrogens (tertiary/aromatic N) is 4. The molecular formula is C16H28N4OS. The summed E-state index contributed by atoms with van der Waals surface area (Å²) in [6.07, 6.45) is 1.03. The topological polar surface area (TPSA) is 49.3 Å². The smallest absolute Gasteiger partial charge is 0.284 e. The molecule has 0 aliphatic carbocycles. The molecular weight excluding hydrogens is 296 g/mol. The summed E-state index contributed by atoms with van der Waals surface area (Å²) >= 11 is 1.42. The van der Waals surface area contributed by atoms with Crippen molar-refractivity contribution in [3.8, 4) is 0 Å². The molecule has 0 aromatic carbocycles. The van der Waals surface area contributed by atoms with E-state index in [1.54, 1.807) is 0 Å². The molecule has 1 amide bonds. The van der Waals surface area contributed by atoms with Crippen LogP contribution in [-0.4, -0.2) is 58.6 Å². The zero-order valence-electron chi connectivity index (χ0n) is 14.6. The summed E-state index contributed by atoms with van der Waals surface area (Å²) in [5, 5.41) is 9.74. The van der Waals surface area contributed by atoms with E-state index in [-0.39, 0.29) is 17.4 Å². The van der Waals surface area contributed by atoms with Gasteiger partial charge >= 0.3 is 0 Å². The molecule has 0 N–H and O–H groups in total. The van der Waals surface area contributed by atoms with Gasteiger partial charge in [0.2, 0.25) is 5.01 Å². The van der Waals surface area contributed by atoms with E-state index in [0.29, 0.717) is 10.9 Å². The van der Waals surface area contributed by atoms with Crippen LogP contribution in [0.1, 0.15) is 55.8 Å². The van der Waals surface area contributed by atoms with E-state index in [0.717, 1.165) is 31.1 Å². The summed E-state index contributed by atoms with van der Waals surface area (Å²) < 4.78 is 0. The Kier molecular flexibility index (Phi) is 5.22. The Morgan fingerprint density at radius 1 is 1.41 bits per heavy atom. The summed E-state index contributed by atoms with van der Waals surface area (Å²) in [4.78, 5) is 17.0. The maximum absolute atomic E-state index is 12.7. The summed E-state index contributed by atoms with van der Waals surface area (Å²) in [6, 6.07) is 0.289. The van der Waals surface area contributed by atoms with Gasteiger partial charge in [-0.3, -0.25) is 4.79 Å². The van der Waals surface area contributed by atoms with Crippen LogP contribution in [0.25, 0.3) is 0 Å². The fraction of sp³-hybridized carbons (Fsp3) is 0.812. The predicted octanol–water partition coefficient (Wildman–Crippen LogP) is 2.64. The second-order valence-electron chi connectivity index (χ2n) is 7.30. The van der Waals surface area contributed by atoms with Gasteiger partial charge < -0.3 is 9.80 Å². The standard InChI is InChI=1S/C16H28N4OS/c1-7-20-9-8-12(11(2)10-20)19(6)14(21)13-17-18-15(22-13)16(3,4)5/h11-12H,7-10H2,1-6H3/t11-,12-/m0/s1. The monoisotopic (exact) mass is 324 g/mol. The minimum Gasteiger partial charge on any atom is -0.336 e. The van der Waals surface area contributed by atoms with Crippen LogP contribution >= 0.6 is 11.3 Å². The lowest BCUT2D eigenvalue weighted by Crippen LogP contribution is -2.50. The lowest BCUT2D eigenvalue weighted by Gasteiger charge is -2.40. The van der Waals surface area contributed by atoms with Crippen LogP contribution in [-0.2, 0) is 5.41 Å². The number of piperidine rings is 1. The maximum Gasteiger partial charge on any atom is 0.284 e. The molecule has 6 heteroatoms. The van der Waals surface area contributed by atoms with Gasteiger partial charge in [0.15, 0.2) is 0 Å². The lowest BCUT2D eigenvalue weighted by atomic mass is 9.92. The van der Waals surface area contributed by atoms with Crippen LogP contribution < -0.4 is 0 Å². The van der Waals surface area contributed by atoms with Gasteiger partial charge in [-0.1, -0.05) is 46.0 Å². The quantitative estimate of drug-likeness (QED) is 0.857. The van der Waals surface area contributed by atoms with E-state index in [2.05, 4.69) is 49.7 Å². The van der Waals surface area contributed by atoms with Gasteiger partial charge in [-0.2, -0.15) is 0 Å². The van der Waals surface area contributed by atoms with E-state index < -0.39 is 0 Å². The summed E-state index contributed by atoms with van der Waals surface area (Å²) in [7, 11) is 1.91. The van der Waals surface area contributed by atoms with Gasteiger partial charge in [-0.15, -0.1) is 10.2 Å². The average molecular weight is 324 g/mol. The minimum absolute atomic E-state index is 0.00907. The molecule has 124 valence electrons. The molecule has 0 unspecified atom stereocenters. The Morgan fingerprint density at radius 3 is 2.59 bits per heavy atom. The van der Waals surface area contributed by atoms with Crippen LogP contribution in [0.5, 0.6) is 0 Å². The van der Waals surface area contributed by atoms with Crippen LogP contribution in [0, 0.1) is 5.92 Å². The first-order chi connectivity index (χ1) is 10.2. The second-order valence-corrected chi connectivity index (χ2v) is 8.28. The number of carbonyl (C=O) groups excluding carboxylic acids is 1. The highest BCUT2D eigenvalue weighted by molar-refractivity contribution is 7.13. The van der Waals surface area contributed by atoms with Crippen molar-refractivity contribution in [2.24, 2.45) is 5.92 Å². The number of likely N-dealkylation sites (tertiary alicyclic amines) is 1. The largest absolute Gasteiger partial charge is 0.336 e. The van der Waals surface area contributed by atoms with Gasteiger partial charge in [-0.25, -0.2) is 0 Å². The van der Waals surface area contributed by atoms with E-state index in [4.69, 9.17) is 0 Å². The molecule has 1 saturated heterocycles. The molecule has 22 heavy (non-hydrogen) atoms. The van der Waals surface area contributed by atoms with Crippen molar-refractivity contribution in [2.45, 2.75) is 52.5 Å². The second kappa shape index (κ2) is 6.62. The van der Waals surface area contributed by atoms with Crippen LogP contribution in [0.4, 0.5) is 0 Å². The first-order valence-electron chi connectivity index (χ1n) is 8.07.